The predicted molar refractivity (Wildman–Crippen MR) is 59.4 cm³/mol. The molecule has 2 rings (SSSR count). The predicted octanol–water partition coefficient (Wildman–Crippen LogP) is 0.995. The number of hydrogen-bond acceptors (Lipinski definition) is 4. The van der Waals surface area contributed by atoms with Crippen molar-refractivity contribution in [1.82, 2.24) is 0 Å². The van der Waals surface area contributed by atoms with Gasteiger partial charge >= 0.3 is 5.97 Å². The van der Waals surface area contributed by atoms with Gasteiger partial charge in [0.1, 0.15) is 5.75 Å². The Hall–Kier alpha value is -1.55. The van der Waals surface area contributed by atoms with Crippen molar-refractivity contribution in [3.63, 3.8) is 0 Å². The lowest BCUT2D eigenvalue weighted by Gasteiger charge is -2.06. The van der Waals surface area contributed by atoms with E-state index in [1.54, 1.807) is 13.0 Å². The van der Waals surface area contributed by atoms with Crippen LogP contribution in [0.5, 0.6) is 5.75 Å². The van der Waals surface area contributed by atoms with Gasteiger partial charge in [-0.25, -0.2) is 4.79 Å². The number of esters is 1. The standard InChI is InChI=1S/C12H15NO3/c1-2-16-12(15)8-3-7-4-9(13)6-10(7)11(14)5-8/h3,5,9,14H,2,4,6,13H2,1H3. The lowest BCUT2D eigenvalue weighted by Crippen LogP contribution is -2.19. The van der Waals surface area contributed by atoms with Crippen LogP contribution in [0.3, 0.4) is 0 Å². The minimum Gasteiger partial charge on any atom is -0.508 e. The smallest absolute Gasteiger partial charge is 0.338 e. The quantitative estimate of drug-likeness (QED) is 0.731. The van der Waals surface area contributed by atoms with Crippen molar-refractivity contribution < 1.29 is 14.6 Å². The number of carbonyl (C=O) groups excluding carboxylic acids is 1. The molecule has 0 bridgehead atoms. The summed E-state index contributed by atoms with van der Waals surface area (Å²) in [5, 5.41) is 9.78. The lowest BCUT2D eigenvalue weighted by atomic mass is 10.1. The SMILES string of the molecule is CCOC(=O)c1cc(O)c2c(c1)CC(N)C2. The first-order valence-electron chi connectivity index (χ1n) is 5.39. The molecule has 0 heterocycles. The Morgan fingerprint density at radius 1 is 1.56 bits per heavy atom. The van der Waals surface area contributed by atoms with E-state index in [9.17, 15) is 9.90 Å². The van der Waals surface area contributed by atoms with Crippen LogP contribution in [0.15, 0.2) is 12.1 Å². The number of fused-ring (bicyclic) bond motifs is 1. The molecule has 0 amide bonds. The first-order chi connectivity index (χ1) is 7.61. The molecule has 86 valence electrons. The second kappa shape index (κ2) is 4.14. The maximum Gasteiger partial charge on any atom is 0.338 e. The van der Waals surface area contributed by atoms with Crippen molar-refractivity contribution in [2.24, 2.45) is 5.73 Å². The van der Waals surface area contributed by atoms with E-state index < -0.39 is 5.97 Å². The van der Waals surface area contributed by atoms with Gasteiger partial charge in [0.2, 0.25) is 0 Å². The van der Waals surface area contributed by atoms with E-state index in [1.807, 2.05) is 0 Å². The number of phenols is 1. The molecule has 0 spiro atoms. The zero-order valence-electron chi connectivity index (χ0n) is 9.19. The summed E-state index contributed by atoms with van der Waals surface area (Å²) in [5.74, 6) is -0.255. The van der Waals surface area contributed by atoms with Gasteiger partial charge in [0, 0.05) is 6.04 Å². The van der Waals surface area contributed by atoms with Gasteiger partial charge in [0.25, 0.3) is 0 Å². The Labute approximate surface area is 94.0 Å². The van der Waals surface area contributed by atoms with Gasteiger partial charge in [-0.3, -0.25) is 0 Å². The van der Waals surface area contributed by atoms with Crippen molar-refractivity contribution in [3.05, 3.63) is 28.8 Å². The Morgan fingerprint density at radius 3 is 3.00 bits per heavy atom. The summed E-state index contributed by atoms with van der Waals surface area (Å²) in [4.78, 5) is 11.5. The monoisotopic (exact) mass is 221 g/mol. The minimum atomic E-state index is -0.402. The van der Waals surface area contributed by atoms with Crippen molar-refractivity contribution in [2.75, 3.05) is 6.61 Å². The fourth-order valence-corrected chi connectivity index (χ4v) is 2.08. The third kappa shape index (κ3) is 1.88. The largest absolute Gasteiger partial charge is 0.508 e. The maximum atomic E-state index is 11.5. The number of nitrogens with two attached hydrogens (primary N) is 1. The van der Waals surface area contributed by atoms with Gasteiger partial charge in [-0.1, -0.05) is 0 Å². The fourth-order valence-electron chi connectivity index (χ4n) is 2.08. The highest BCUT2D eigenvalue weighted by atomic mass is 16.5. The normalized spacial score (nSPS) is 18.2. The molecule has 1 aromatic carbocycles. The van der Waals surface area contributed by atoms with Gasteiger partial charge in [0.15, 0.2) is 0 Å². The van der Waals surface area contributed by atoms with E-state index in [0.717, 1.165) is 11.1 Å². The van der Waals surface area contributed by atoms with E-state index in [-0.39, 0.29) is 11.8 Å². The summed E-state index contributed by atoms with van der Waals surface area (Å²) in [6, 6.07) is 3.26. The van der Waals surface area contributed by atoms with E-state index in [0.29, 0.717) is 25.0 Å². The summed E-state index contributed by atoms with van der Waals surface area (Å²) in [5.41, 5.74) is 8.02. The van der Waals surface area contributed by atoms with Gasteiger partial charge in [-0.15, -0.1) is 0 Å². The van der Waals surface area contributed by atoms with Crippen molar-refractivity contribution in [2.45, 2.75) is 25.8 Å². The Bertz CT molecular complexity index is 429. The summed E-state index contributed by atoms with van der Waals surface area (Å²) >= 11 is 0. The van der Waals surface area contributed by atoms with Crippen LogP contribution in [0.2, 0.25) is 0 Å². The molecular weight excluding hydrogens is 206 g/mol. The molecule has 3 N–H and O–H groups in total. The Balaban J connectivity index is 2.34. The molecule has 1 aliphatic rings. The number of benzene rings is 1. The molecule has 4 heteroatoms. The fraction of sp³-hybridized carbons (Fsp3) is 0.417. The molecular formula is C12H15NO3. The third-order valence-electron chi connectivity index (χ3n) is 2.78. The average molecular weight is 221 g/mol. The number of aromatic hydroxyl groups is 1. The third-order valence-corrected chi connectivity index (χ3v) is 2.78. The number of hydrogen-bond donors (Lipinski definition) is 2. The van der Waals surface area contributed by atoms with Crippen LogP contribution in [0.4, 0.5) is 0 Å². The number of rotatable bonds is 2. The molecule has 0 aromatic heterocycles. The molecule has 1 aliphatic carbocycles. The highest BCUT2D eigenvalue weighted by Gasteiger charge is 2.23. The number of phenolic OH excluding ortho intramolecular Hbond substituents is 1. The van der Waals surface area contributed by atoms with Crippen LogP contribution in [-0.2, 0) is 17.6 Å². The summed E-state index contributed by atoms with van der Waals surface area (Å²) in [6.45, 7) is 2.08. The first-order valence-corrected chi connectivity index (χ1v) is 5.39. The summed E-state index contributed by atoms with van der Waals surface area (Å²) in [7, 11) is 0. The van der Waals surface area contributed by atoms with Crippen molar-refractivity contribution >= 4 is 5.97 Å². The van der Waals surface area contributed by atoms with Crippen molar-refractivity contribution in [3.8, 4) is 5.75 Å². The van der Waals surface area contributed by atoms with Crippen LogP contribution in [0, 0.1) is 0 Å². The highest BCUT2D eigenvalue weighted by Crippen LogP contribution is 2.31. The minimum absolute atomic E-state index is 0.0401. The molecule has 0 saturated carbocycles. The molecule has 0 fully saturated rings. The molecule has 4 nitrogen and oxygen atoms in total. The van der Waals surface area contributed by atoms with Gasteiger partial charge < -0.3 is 15.6 Å². The van der Waals surface area contributed by atoms with Crippen LogP contribution in [0.1, 0.15) is 28.4 Å². The van der Waals surface area contributed by atoms with Crippen LogP contribution in [0.25, 0.3) is 0 Å². The Kier molecular flexibility index (Phi) is 2.83. The molecule has 16 heavy (non-hydrogen) atoms. The van der Waals surface area contributed by atoms with E-state index in [1.165, 1.54) is 6.07 Å². The summed E-state index contributed by atoms with van der Waals surface area (Å²) in [6.07, 6.45) is 1.38. The lowest BCUT2D eigenvalue weighted by molar-refractivity contribution is 0.0526. The highest BCUT2D eigenvalue weighted by molar-refractivity contribution is 5.90. The van der Waals surface area contributed by atoms with E-state index >= 15 is 0 Å². The molecule has 0 radical (unpaired) electrons. The average Bonchev–Trinajstić information content (AvgIpc) is 2.59. The zero-order chi connectivity index (χ0) is 11.7. The second-order valence-corrected chi connectivity index (χ2v) is 4.02. The van der Waals surface area contributed by atoms with Crippen LogP contribution < -0.4 is 5.73 Å². The van der Waals surface area contributed by atoms with Crippen molar-refractivity contribution in [1.29, 1.82) is 0 Å². The molecule has 1 atom stereocenters. The molecule has 0 saturated heterocycles. The number of carbonyl (C=O) groups is 1. The van der Waals surface area contributed by atoms with E-state index in [4.69, 9.17) is 10.5 Å². The van der Waals surface area contributed by atoms with Crippen LogP contribution in [-0.4, -0.2) is 23.7 Å². The summed E-state index contributed by atoms with van der Waals surface area (Å²) < 4.78 is 4.89. The molecule has 1 aromatic rings. The molecule has 1 unspecified atom stereocenters. The van der Waals surface area contributed by atoms with Gasteiger partial charge in [-0.05, 0) is 43.0 Å². The Morgan fingerprint density at radius 2 is 2.31 bits per heavy atom. The zero-order valence-corrected chi connectivity index (χ0v) is 9.19. The van der Waals surface area contributed by atoms with Gasteiger partial charge in [0.05, 0.1) is 12.2 Å². The molecule has 0 aliphatic heterocycles. The van der Waals surface area contributed by atoms with Crippen LogP contribution >= 0.6 is 0 Å². The topological polar surface area (TPSA) is 72.5 Å². The van der Waals surface area contributed by atoms with E-state index in [2.05, 4.69) is 0 Å². The first kappa shape index (κ1) is 11.0. The number of ether oxygens (including phenoxy) is 1. The maximum absolute atomic E-state index is 11.5. The second-order valence-electron chi connectivity index (χ2n) is 4.02. The van der Waals surface area contributed by atoms with Gasteiger partial charge in [-0.2, -0.15) is 0 Å².